The normalized spacial score (nSPS) is 20.6. The first-order chi connectivity index (χ1) is 9.56. The van der Waals surface area contributed by atoms with E-state index in [0.29, 0.717) is 38.1 Å². The summed E-state index contributed by atoms with van der Waals surface area (Å²) in [6.45, 7) is 2.71. The van der Waals surface area contributed by atoms with E-state index in [1.807, 2.05) is 12.1 Å². The van der Waals surface area contributed by atoms with Gasteiger partial charge in [0.15, 0.2) is 0 Å². The van der Waals surface area contributed by atoms with Crippen LogP contribution in [0, 0.1) is 5.92 Å². The molecule has 1 aliphatic carbocycles. The van der Waals surface area contributed by atoms with Crippen molar-refractivity contribution < 1.29 is 14.0 Å². The predicted molar refractivity (Wildman–Crippen MR) is 75.0 cm³/mol. The number of rotatable bonds is 8. The van der Waals surface area contributed by atoms with Gasteiger partial charge < -0.3 is 15.5 Å². The van der Waals surface area contributed by atoms with Crippen LogP contribution in [0.3, 0.4) is 0 Å². The van der Waals surface area contributed by atoms with Crippen LogP contribution in [0.4, 0.5) is 0 Å². The summed E-state index contributed by atoms with van der Waals surface area (Å²) in [5.74, 6) is 2.86. The van der Waals surface area contributed by atoms with Gasteiger partial charge in [0.25, 0.3) is 0 Å². The molecule has 3 N–H and O–H groups in total. The first-order valence-corrected chi connectivity index (χ1v) is 7.20. The van der Waals surface area contributed by atoms with Crippen LogP contribution in [0.2, 0.25) is 0 Å². The van der Waals surface area contributed by atoms with E-state index in [1.54, 1.807) is 0 Å². The molecule has 0 aromatic carbocycles. The SMILES string of the molecule is C[C@H]1C[C@@H]1c1ccc(CCC(=O)NCCCC(N)=O)o1. The van der Waals surface area contributed by atoms with Crippen molar-refractivity contribution in [1.29, 1.82) is 0 Å². The average Bonchev–Trinajstić information content (AvgIpc) is 2.95. The molecule has 110 valence electrons. The maximum atomic E-state index is 11.6. The van der Waals surface area contributed by atoms with E-state index in [0.717, 1.165) is 17.4 Å². The van der Waals surface area contributed by atoms with Crippen LogP contribution in [0.25, 0.3) is 0 Å². The third-order valence-corrected chi connectivity index (χ3v) is 3.68. The van der Waals surface area contributed by atoms with Crippen LogP contribution in [0.15, 0.2) is 16.5 Å². The average molecular weight is 278 g/mol. The molecule has 2 atom stereocenters. The van der Waals surface area contributed by atoms with Crippen molar-refractivity contribution in [3.8, 4) is 0 Å². The molecule has 5 nitrogen and oxygen atoms in total. The fraction of sp³-hybridized carbons (Fsp3) is 0.600. The molecule has 1 aromatic rings. The molecule has 1 aromatic heterocycles. The Morgan fingerprint density at radius 3 is 2.80 bits per heavy atom. The zero-order valence-electron chi connectivity index (χ0n) is 11.9. The van der Waals surface area contributed by atoms with Gasteiger partial charge in [0.05, 0.1) is 0 Å². The van der Waals surface area contributed by atoms with E-state index in [-0.39, 0.29) is 11.8 Å². The highest BCUT2D eigenvalue weighted by molar-refractivity contribution is 5.76. The van der Waals surface area contributed by atoms with Gasteiger partial charge in [-0.25, -0.2) is 0 Å². The Morgan fingerprint density at radius 1 is 1.40 bits per heavy atom. The molecule has 1 fully saturated rings. The number of carbonyl (C=O) groups excluding carboxylic acids is 2. The molecule has 0 aliphatic heterocycles. The fourth-order valence-corrected chi connectivity index (χ4v) is 2.26. The Labute approximate surface area is 118 Å². The molecule has 1 aliphatic rings. The topological polar surface area (TPSA) is 85.3 Å². The summed E-state index contributed by atoms with van der Waals surface area (Å²) in [7, 11) is 0. The van der Waals surface area contributed by atoms with Gasteiger partial charge in [-0.05, 0) is 30.9 Å². The van der Waals surface area contributed by atoms with Crippen molar-refractivity contribution in [2.24, 2.45) is 11.7 Å². The molecule has 2 rings (SSSR count). The van der Waals surface area contributed by atoms with Crippen molar-refractivity contribution in [1.82, 2.24) is 5.32 Å². The summed E-state index contributed by atoms with van der Waals surface area (Å²) in [6.07, 6.45) is 3.12. The van der Waals surface area contributed by atoms with Crippen LogP contribution < -0.4 is 11.1 Å². The van der Waals surface area contributed by atoms with Crippen molar-refractivity contribution in [2.45, 2.75) is 44.9 Å². The number of aryl methyl sites for hydroxylation is 1. The molecular formula is C15H22N2O3. The summed E-state index contributed by atoms with van der Waals surface area (Å²) in [5, 5.41) is 2.77. The third kappa shape index (κ3) is 4.40. The first kappa shape index (κ1) is 14.6. The minimum Gasteiger partial charge on any atom is -0.466 e. The summed E-state index contributed by atoms with van der Waals surface area (Å²) in [6, 6.07) is 3.98. The highest BCUT2D eigenvalue weighted by atomic mass is 16.3. The van der Waals surface area contributed by atoms with Gasteiger partial charge in [0, 0.05) is 31.7 Å². The second-order valence-corrected chi connectivity index (χ2v) is 5.54. The minimum absolute atomic E-state index is 0.0211. The molecule has 0 spiro atoms. The monoisotopic (exact) mass is 278 g/mol. The van der Waals surface area contributed by atoms with Gasteiger partial charge in [-0.15, -0.1) is 0 Å². The lowest BCUT2D eigenvalue weighted by atomic mass is 10.2. The molecule has 20 heavy (non-hydrogen) atoms. The maximum absolute atomic E-state index is 11.6. The van der Waals surface area contributed by atoms with Crippen LogP contribution in [0.1, 0.15) is 50.0 Å². The second-order valence-electron chi connectivity index (χ2n) is 5.54. The molecular weight excluding hydrogens is 256 g/mol. The molecule has 2 amide bonds. The highest BCUT2D eigenvalue weighted by Gasteiger charge is 2.36. The van der Waals surface area contributed by atoms with E-state index in [4.69, 9.17) is 10.2 Å². The number of nitrogens with one attached hydrogen (secondary N) is 1. The largest absolute Gasteiger partial charge is 0.466 e. The van der Waals surface area contributed by atoms with E-state index in [1.165, 1.54) is 6.42 Å². The number of hydrogen-bond donors (Lipinski definition) is 2. The van der Waals surface area contributed by atoms with Crippen LogP contribution in [0.5, 0.6) is 0 Å². The summed E-state index contributed by atoms with van der Waals surface area (Å²) < 4.78 is 5.74. The zero-order chi connectivity index (χ0) is 14.5. The van der Waals surface area contributed by atoms with Gasteiger partial charge in [-0.3, -0.25) is 9.59 Å². The van der Waals surface area contributed by atoms with E-state index in [9.17, 15) is 9.59 Å². The van der Waals surface area contributed by atoms with E-state index >= 15 is 0 Å². The third-order valence-electron chi connectivity index (χ3n) is 3.68. The Hall–Kier alpha value is -1.78. The Kier molecular flexibility index (Phi) is 4.82. The summed E-state index contributed by atoms with van der Waals surface area (Å²) >= 11 is 0. The molecule has 1 saturated carbocycles. The number of nitrogens with two attached hydrogens (primary N) is 1. The van der Waals surface area contributed by atoms with Gasteiger partial charge in [-0.1, -0.05) is 6.92 Å². The number of primary amides is 1. The molecule has 1 heterocycles. The quantitative estimate of drug-likeness (QED) is 0.710. The highest BCUT2D eigenvalue weighted by Crippen LogP contribution is 2.47. The Bertz CT molecular complexity index is 481. The number of amides is 2. The van der Waals surface area contributed by atoms with Gasteiger partial charge in [-0.2, -0.15) is 0 Å². The smallest absolute Gasteiger partial charge is 0.220 e. The number of carbonyl (C=O) groups is 2. The van der Waals surface area contributed by atoms with Crippen LogP contribution in [-0.2, 0) is 16.0 Å². The molecule has 0 radical (unpaired) electrons. The number of hydrogen-bond acceptors (Lipinski definition) is 3. The van der Waals surface area contributed by atoms with E-state index in [2.05, 4.69) is 12.2 Å². The van der Waals surface area contributed by atoms with Crippen LogP contribution in [-0.4, -0.2) is 18.4 Å². The standard InChI is InChI=1S/C15H22N2O3/c1-10-9-12(10)13-6-4-11(20-13)5-7-15(19)17-8-2-3-14(16)18/h4,6,10,12H,2-3,5,7-9H2,1H3,(H2,16,18)(H,17,19)/t10-,12-/m0/s1. The summed E-state index contributed by atoms with van der Waals surface area (Å²) in [4.78, 5) is 22.1. The van der Waals surface area contributed by atoms with E-state index < -0.39 is 0 Å². The van der Waals surface area contributed by atoms with Crippen molar-refractivity contribution in [3.05, 3.63) is 23.7 Å². The Morgan fingerprint density at radius 2 is 2.15 bits per heavy atom. The first-order valence-electron chi connectivity index (χ1n) is 7.20. The second kappa shape index (κ2) is 6.59. The molecule has 0 unspecified atom stereocenters. The van der Waals surface area contributed by atoms with Crippen LogP contribution >= 0.6 is 0 Å². The lowest BCUT2D eigenvalue weighted by Crippen LogP contribution is -2.25. The molecule has 0 bridgehead atoms. The maximum Gasteiger partial charge on any atom is 0.220 e. The van der Waals surface area contributed by atoms with Gasteiger partial charge in [0.1, 0.15) is 11.5 Å². The predicted octanol–water partition coefficient (Wildman–Crippen LogP) is 1.72. The number of furan rings is 1. The lowest BCUT2D eigenvalue weighted by molar-refractivity contribution is -0.122. The van der Waals surface area contributed by atoms with Gasteiger partial charge >= 0.3 is 0 Å². The van der Waals surface area contributed by atoms with Crippen molar-refractivity contribution >= 4 is 11.8 Å². The minimum atomic E-state index is -0.336. The fourth-order valence-electron chi connectivity index (χ4n) is 2.26. The zero-order valence-corrected chi connectivity index (χ0v) is 11.9. The van der Waals surface area contributed by atoms with Gasteiger partial charge in [0.2, 0.25) is 11.8 Å². The van der Waals surface area contributed by atoms with Crippen molar-refractivity contribution in [3.63, 3.8) is 0 Å². The Balaban J connectivity index is 1.63. The van der Waals surface area contributed by atoms with Crippen molar-refractivity contribution in [2.75, 3.05) is 6.54 Å². The lowest BCUT2D eigenvalue weighted by Gasteiger charge is -2.03. The molecule has 0 saturated heterocycles. The molecule has 5 heteroatoms. The summed E-state index contributed by atoms with van der Waals surface area (Å²) in [5.41, 5.74) is 5.02.